The lowest BCUT2D eigenvalue weighted by Gasteiger charge is -2.08. The molecule has 136 valence electrons. The maximum atomic E-state index is 12.7. The van der Waals surface area contributed by atoms with Crippen molar-refractivity contribution in [2.75, 3.05) is 5.32 Å². The minimum absolute atomic E-state index is 0.280. The Labute approximate surface area is 173 Å². The summed E-state index contributed by atoms with van der Waals surface area (Å²) in [4.78, 5) is 17.2. The highest BCUT2D eigenvalue weighted by molar-refractivity contribution is 7.20. The number of aromatic nitrogens is 3. The normalized spacial score (nSPS) is 11.1. The van der Waals surface area contributed by atoms with Gasteiger partial charge in [0.15, 0.2) is 0 Å². The molecule has 4 rings (SSSR count). The van der Waals surface area contributed by atoms with E-state index in [0.29, 0.717) is 31.5 Å². The van der Waals surface area contributed by atoms with Crippen LogP contribution in [0.25, 0.3) is 15.3 Å². The van der Waals surface area contributed by atoms with E-state index in [1.165, 1.54) is 17.4 Å². The van der Waals surface area contributed by atoms with Crippen molar-refractivity contribution < 1.29 is 4.79 Å². The molecule has 0 fully saturated rings. The van der Waals surface area contributed by atoms with E-state index in [2.05, 4.69) is 15.4 Å². The van der Waals surface area contributed by atoms with Crippen LogP contribution in [0.2, 0.25) is 15.1 Å². The molecule has 2 heterocycles. The van der Waals surface area contributed by atoms with E-state index in [1.54, 1.807) is 28.9 Å². The van der Waals surface area contributed by atoms with Gasteiger partial charge in [-0.05, 0) is 37.3 Å². The number of amides is 1. The summed E-state index contributed by atoms with van der Waals surface area (Å²) in [5.41, 5.74) is 1.71. The number of carbonyl (C=O) groups excluding carboxylic acids is 1. The smallest absolute Gasteiger partial charge is 0.258 e. The molecule has 0 aliphatic carbocycles. The standard InChI is InChI=1S/C18H11Cl3N4OS/c1-9-7-15(22-17(26)11-8-10(19)5-6-12(11)20)25(24-9)18-23-16-13(21)3-2-4-14(16)27-18/h2-8H,1H3,(H,22,26). The van der Waals surface area contributed by atoms with Crippen molar-refractivity contribution in [2.45, 2.75) is 6.92 Å². The molecule has 0 saturated carbocycles. The van der Waals surface area contributed by atoms with Crippen LogP contribution >= 0.6 is 46.1 Å². The molecule has 0 radical (unpaired) electrons. The van der Waals surface area contributed by atoms with E-state index < -0.39 is 0 Å². The molecule has 0 aliphatic rings. The number of rotatable bonds is 3. The number of anilines is 1. The second kappa shape index (κ2) is 7.13. The molecule has 5 nitrogen and oxygen atoms in total. The first-order chi connectivity index (χ1) is 12.9. The van der Waals surface area contributed by atoms with Crippen molar-refractivity contribution in [1.29, 1.82) is 0 Å². The molecular formula is C18H11Cl3N4OS. The Balaban J connectivity index is 1.73. The predicted octanol–water partition coefficient (Wildman–Crippen LogP) is 6.00. The van der Waals surface area contributed by atoms with Gasteiger partial charge in [0.05, 0.1) is 26.0 Å². The van der Waals surface area contributed by atoms with Crippen LogP contribution in [0.3, 0.4) is 0 Å². The SMILES string of the molecule is Cc1cc(NC(=O)c2cc(Cl)ccc2Cl)n(-c2nc3c(Cl)cccc3s2)n1. The second-order valence-electron chi connectivity index (χ2n) is 5.74. The lowest BCUT2D eigenvalue weighted by molar-refractivity contribution is 0.102. The summed E-state index contributed by atoms with van der Waals surface area (Å²) in [6, 6.07) is 12.1. The molecule has 27 heavy (non-hydrogen) atoms. The highest BCUT2D eigenvalue weighted by Crippen LogP contribution is 2.31. The van der Waals surface area contributed by atoms with Crippen LogP contribution in [0.15, 0.2) is 42.5 Å². The van der Waals surface area contributed by atoms with E-state index >= 15 is 0 Å². The maximum absolute atomic E-state index is 12.7. The van der Waals surface area contributed by atoms with Crippen molar-refractivity contribution in [3.05, 3.63) is 68.8 Å². The van der Waals surface area contributed by atoms with Crippen LogP contribution in [0, 0.1) is 6.92 Å². The van der Waals surface area contributed by atoms with Crippen LogP contribution in [0.1, 0.15) is 16.1 Å². The fourth-order valence-corrected chi connectivity index (χ4v) is 4.19. The van der Waals surface area contributed by atoms with Crippen molar-refractivity contribution in [3.8, 4) is 5.13 Å². The quantitative estimate of drug-likeness (QED) is 0.427. The highest BCUT2D eigenvalue weighted by atomic mass is 35.5. The van der Waals surface area contributed by atoms with Gasteiger partial charge in [-0.3, -0.25) is 4.79 Å². The van der Waals surface area contributed by atoms with Gasteiger partial charge in [-0.15, -0.1) is 0 Å². The zero-order valence-corrected chi connectivity index (χ0v) is 16.9. The van der Waals surface area contributed by atoms with E-state index in [9.17, 15) is 4.79 Å². The number of aryl methyl sites for hydroxylation is 1. The summed E-state index contributed by atoms with van der Waals surface area (Å²) in [6.45, 7) is 1.83. The Morgan fingerprint density at radius 2 is 1.93 bits per heavy atom. The fraction of sp³-hybridized carbons (Fsp3) is 0.0556. The molecule has 2 aromatic heterocycles. The minimum Gasteiger partial charge on any atom is -0.306 e. The lowest BCUT2D eigenvalue weighted by atomic mass is 10.2. The highest BCUT2D eigenvalue weighted by Gasteiger charge is 2.18. The molecule has 0 unspecified atom stereocenters. The monoisotopic (exact) mass is 436 g/mol. The summed E-state index contributed by atoms with van der Waals surface area (Å²) in [7, 11) is 0. The van der Waals surface area contributed by atoms with Gasteiger partial charge < -0.3 is 5.32 Å². The molecule has 9 heteroatoms. The number of halogens is 3. The number of hydrogen-bond acceptors (Lipinski definition) is 4. The van der Waals surface area contributed by atoms with E-state index in [0.717, 1.165) is 10.4 Å². The number of nitrogens with one attached hydrogen (secondary N) is 1. The van der Waals surface area contributed by atoms with Crippen LogP contribution in [-0.2, 0) is 0 Å². The number of carbonyl (C=O) groups is 1. The van der Waals surface area contributed by atoms with Gasteiger partial charge in [0, 0.05) is 11.1 Å². The molecule has 1 N–H and O–H groups in total. The van der Waals surface area contributed by atoms with Crippen LogP contribution < -0.4 is 5.32 Å². The topological polar surface area (TPSA) is 59.8 Å². The van der Waals surface area contributed by atoms with Crippen molar-refractivity contribution in [3.63, 3.8) is 0 Å². The molecule has 2 aromatic carbocycles. The Bertz CT molecular complexity index is 1180. The lowest BCUT2D eigenvalue weighted by Crippen LogP contribution is -2.15. The first-order valence-electron chi connectivity index (χ1n) is 7.81. The molecule has 0 spiro atoms. The van der Waals surface area contributed by atoms with Gasteiger partial charge in [-0.25, -0.2) is 4.98 Å². The first-order valence-corrected chi connectivity index (χ1v) is 9.76. The maximum Gasteiger partial charge on any atom is 0.258 e. The Morgan fingerprint density at radius 1 is 1.11 bits per heavy atom. The third-order valence-corrected chi connectivity index (χ3v) is 5.65. The van der Waals surface area contributed by atoms with E-state index in [4.69, 9.17) is 34.8 Å². The zero-order valence-electron chi connectivity index (χ0n) is 13.8. The largest absolute Gasteiger partial charge is 0.306 e. The van der Waals surface area contributed by atoms with Gasteiger partial charge in [-0.1, -0.05) is 52.2 Å². The molecule has 4 aromatic rings. The van der Waals surface area contributed by atoms with Gasteiger partial charge in [0.25, 0.3) is 5.91 Å². The second-order valence-corrected chi connectivity index (χ2v) is 8.00. The number of thiazole rings is 1. The molecule has 0 aliphatic heterocycles. The van der Waals surface area contributed by atoms with Gasteiger partial charge in [-0.2, -0.15) is 9.78 Å². The number of nitrogens with zero attached hydrogens (tertiary/aromatic N) is 3. The summed E-state index contributed by atoms with van der Waals surface area (Å²) in [5, 5.41) is 9.16. The Morgan fingerprint density at radius 3 is 2.70 bits per heavy atom. The molecular weight excluding hydrogens is 427 g/mol. The molecule has 0 atom stereocenters. The average molecular weight is 438 g/mol. The number of hydrogen-bond donors (Lipinski definition) is 1. The van der Waals surface area contributed by atoms with Crippen LogP contribution in [-0.4, -0.2) is 20.7 Å². The Kier molecular flexibility index (Phi) is 4.82. The third kappa shape index (κ3) is 3.53. The first kappa shape index (κ1) is 18.3. The van der Waals surface area contributed by atoms with E-state index in [1.807, 2.05) is 19.1 Å². The molecule has 1 amide bonds. The fourth-order valence-electron chi connectivity index (χ4n) is 2.58. The minimum atomic E-state index is -0.386. The number of benzene rings is 2. The Hall–Kier alpha value is -2.12. The third-order valence-electron chi connectivity index (χ3n) is 3.79. The summed E-state index contributed by atoms with van der Waals surface area (Å²) in [5.74, 6) is 0.0894. The van der Waals surface area contributed by atoms with E-state index in [-0.39, 0.29) is 11.5 Å². The van der Waals surface area contributed by atoms with Crippen molar-refractivity contribution in [2.24, 2.45) is 0 Å². The number of para-hydroxylation sites is 1. The zero-order chi connectivity index (χ0) is 19.1. The van der Waals surface area contributed by atoms with Crippen LogP contribution in [0.4, 0.5) is 5.82 Å². The predicted molar refractivity (Wildman–Crippen MR) is 111 cm³/mol. The van der Waals surface area contributed by atoms with Crippen LogP contribution in [0.5, 0.6) is 0 Å². The summed E-state index contributed by atoms with van der Waals surface area (Å²) < 4.78 is 2.51. The summed E-state index contributed by atoms with van der Waals surface area (Å²) >= 11 is 19.7. The summed E-state index contributed by atoms with van der Waals surface area (Å²) in [6.07, 6.45) is 0. The molecule has 0 saturated heterocycles. The molecule has 0 bridgehead atoms. The van der Waals surface area contributed by atoms with Crippen molar-refractivity contribution in [1.82, 2.24) is 14.8 Å². The van der Waals surface area contributed by atoms with Gasteiger partial charge >= 0.3 is 0 Å². The van der Waals surface area contributed by atoms with Gasteiger partial charge in [0.1, 0.15) is 11.3 Å². The van der Waals surface area contributed by atoms with Gasteiger partial charge in [0.2, 0.25) is 5.13 Å². The number of fused-ring (bicyclic) bond motifs is 1. The van der Waals surface area contributed by atoms with Crippen molar-refractivity contribution >= 4 is 68.1 Å². The average Bonchev–Trinajstić information content (AvgIpc) is 3.21.